The van der Waals surface area contributed by atoms with Crippen molar-refractivity contribution in [1.29, 1.82) is 0 Å². The predicted octanol–water partition coefficient (Wildman–Crippen LogP) is 3.77. The van der Waals surface area contributed by atoms with Crippen molar-refractivity contribution in [1.82, 2.24) is 9.21 Å². The van der Waals surface area contributed by atoms with Gasteiger partial charge in [-0.25, -0.2) is 8.42 Å². The van der Waals surface area contributed by atoms with Crippen molar-refractivity contribution >= 4 is 15.9 Å². The quantitative estimate of drug-likeness (QED) is 0.613. The number of alkyl halides is 3. The van der Waals surface area contributed by atoms with E-state index in [-0.39, 0.29) is 35.9 Å². The van der Waals surface area contributed by atoms with Crippen molar-refractivity contribution in [3.8, 4) is 5.75 Å². The fourth-order valence-electron chi connectivity index (χ4n) is 3.90. The average molecular weight is 472 g/mol. The number of sulfonamides is 1. The summed E-state index contributed by atoms with van der Waals surface area (Å²) < 4.78 is 73.7. The van der Waals surface area contributed by atoms with E-state index < -0.39 is 22.1 Å². The summed E-state index contributed by atoms with van der Waals surface area (Å²) >= 11 is 0. The van der Waals surface area contributed by atoms with Gasteiger partial charge in [0, 0.05) is 31.1 Å². The van der Waals surface area contributed by atoms with Crippen LogP contribution in [0.25, 0.3) is 0 Å². The number of carbonyl (C=O) groups excluding carboxylic acids is 1. The Hall–Kier alpha value is -2.53. The number of halogens is 3. The molecule has 32 heavy (non-hydrogen) atoms. The van der Waals surface area contributed by atoms with Crippen molar-refractivity contribution in [3.63, 3.8) is 0 Å². The molecule has 2 aliphatic rings. The molecule has 7 nitrogen and oxygen atoms in total. The minimum atomic E-state index is -4.91. The monoisotopic (exact) mass is 472 g/mol. The van der Waals surface area contributed by atoms with Gasteiger partial charge in [0.15, 0.2) is 0 Å². The van der Waals surface area contributed by atoms with Crippen LogP contribution in [0.2, 0.25) is 0 Å². The van der Waals surface area contributed by atoms with Crippen LogP contribution in [-0.2, 0) is 21.4 Å². The number of ether oxygens (including phenoxy) is 1. The maximum Gasteiger partial charge on any atom is 0.573 e. The first-order chi connectivity index (χ1) is 15.1. The number of nitrogens with zero attached hydrogens (tertiary/aromatic N) is 2. The number of hydrogen-bond donors (Lipinski definition) is 0. The Morgan fingerprint density at radius 1 is 1.12 bits per heavy atom. The number of carbonyl (C=O) groups is 1. The molecule has 1 aromatic carbocycles. The molecule has 0 atom stereocenters. The summed E-state index contributed by atoms with van der Waals surface area (Å²) in [7, 11) is -4.01. The van der Waals surface area contributed by atoms with E-state index in [1.807, 2.05) is 11.0 Å². The van der Waals surface area contributed by atoms with Crippen molar-refractivity contribution in [2.75, 3.05) is 13.1 Å². The first-order valence-electron chi connectivity index (χ1n) is 10.3. The third-order valence-electron chi connectivity index (χ3n) is 5.66. The first-order valence-corrected chi connectivity index (χ1v) is 11.8. The lowest BCUT2D eigenvalue weighted by Crippen LogP contribution is -2.44. The number of hydrogen-bond acceptors (Lipinski definition) is 5. The SMILES string of the molecule is O=C(C1CCN(S(=O)(=O)c2cccc(OC(F)(F)F)c2)CC1)N(Cc1ccco1)C1CC1. The van der Waals surface area contributed by atoms with Gasteiger partial charge in [0.2, 0.25) is 15.9 Å². The lowest BCUT2D eigenvalue weighted by Gasteiger charge is -2.33. The lowest BCUT2D eigenvalue weighted by molar-refractivity contribution is -0.274. The molecule has 1 aliphatic heterocycles. The third-order valence-corrected chi connectivity index (χ3v) is 7.55. The number of piperidine rings is 1. The minimum Gasteiger partial charge on any atom is -0.467 e. The van der Waals surface area contributed by atoms with E-state index in [0.29, 0.717) is 25.1 Å². The largest absolute Gasteiger partial charge is 0.573 e. The molecule has 1 aromatic heterocycles. The Labute approximate surface area is 183 Å². The van der Waals surface area contributed by atoms with Crippen LogP contribution < -0.4 is 4.74 Å². The highest BCUT2D eigenvalue weighted by atomic mass is 32.2. The van der Waals surface area contributed by atoms with Gasteiger partial charge in [-0.1, -0.05) is 6.07 Å². The summed E-state index contributed by atoms with van der Waals surface area (Å²) in [5.41, 5.74) is 0. The van der Waals surface area contributed by atoms with Gasteiger partial charge < -0.3 is 14.1 Å². The topological polar surface area (TPSA) is 80.1 Å². The molecule has 0 unspecified atom stereocenters. The Bertz CT molecular complexity index is 1040. The summed E-state index contributed by atoms with van der Waals surface area (Å²) in [4.78, 5) is 14.6. The summed E-state index contributed by atoms with van der Waals surface area (Å²) in [6.45, 7) is 0.617. The summed E-state index contributed by atoms with van der Waals surface area (Å²) in [5.74, 6) is -0.216. The highest BCUT2D eigenvalue weighted by Crippen LogP contribution is 2.33. The second-order valence-corrected chi connectivity index (χ2v) is 9.92. The van der Waals surface area contributed by atoms with Crippen molar-refractivity contribution in [2.45, 2.75) is 49.5 Å². The van der Waals surface area contributed by atoms with Gasteiger partial charge in [-0.15, -0.1) is 13.2 Å². The van der Waals surface area contributed by atoms with E-state index >= 15 is 0 Å². The molecule has 1 amide bonds. The maximum absolute atomic E-state index is 13.1. The van der Waals surface area contributed by atoms with E-state index in [0.717, 1.165) is 25.0 Å². The van der Waals surface area contributed by atoms with Crippen LogP contribution in [0.1, 0.15) is 31.4 Å². The molecule has 2 fully saturated rings. The molecule has 1 saturated heterocycles. The molecule has 1 aliphatic carbocycles. The number of rotatable bonds is 7. The second kappa shape index (κ2) is 8.78. The Balaban J connectivity index is 1.40. The van der Waals surface area contributed by atoms with Crippen molar-refractivity contribution in [3.05, 3.63) is 48.4 Å². The Kier molecular flexibility index (Phi) is 6.22. The molecule has 2 aromatic rings. The fraction of sp³-hybridized carbons (Fsp3) is 0.476. The zero-order valence-electron chi connectivity index (χ0n) is 17.1. The average Bonchev–Trinajstić information content (AvgIpc) is 3.46. The van der Waals surface area contributed by atoms with Gasteiger partial charge in [0.1, 0.15) is 11.5 Å². The van der Waals surface area contributed by atoms with Crippen LogP contribution in [0, 0.1) is 5.92 Å². The summed E-state index contributed by atoms with van der Waals surface area (Å²) in [6, 6.07) is 8.10. The van der Waals surface area contributed by atoms with E-state index in [4.69, 9.17) is 4.42 Å². The van der Waals surface area contributed by atoms with E-state index in [1.54, 1.807) is 12.3 Å². The standard InChI is InChI=1S/C21H23F3N2O5S/c22-21(23,24)31-17-3-1-5-19(13-17)32(28,29)25-10-8-15(9-11-25)20(27)26(16-6-7-16)14-18-4-2-12-30-18/h1-5,12-13,15-16H,6-11,14H2. The van der Waals surface area contributed by atoms with Gasteiger partial charge in [0.25, 0.3) is 0 Å². The van der Waals surface area contributed by atoms with Gasteiger partial charge in [-0.3, -0.25) is 4.79 Å². The lowest BCUT2D eigenvalue weighted by atomic mass is 9.96. The van der Waals surface area contributed by atoms with Crippen molar-refractivity contribution < 1.29 is 35.5 Å². The van der Waals surface area contributed by atoms with Crippen LogP contribution >= 0.6 is 0 Å². The van der Waals surface area contributed by atoms with Crippen LogP contribution in [-0.4, -0.2) is 49.0 Å². The first kappa shape index (κ1) is 22.7. The molecule has 0 bridgehead atoms. The number of benzene rings is 1. The molecule has 4 rings (SSSR count). The van der Waals surface area contributed by atoms with Crippen LogP contribution in [0.15, 0.2) is 52.0 Å². The van der Waals surface area contributed by atoms with Gasteiger partial charge in [-0.05, 0) is 49.9 Å². The molecule has 1 saturated carbocycles. The summed E-state index contributed by atoms with van der Waals surface area (Å²) in [5, 5.41) is 0. The highest BCUT2D eigenvalue weighted by molar-refractivity contribution is 7.89. The summed E-state index contributed by atoms with van der Waals surface area (Å²) in [6.07, 6.45) is -0.782. The van der Waals surface area contributed by atoms with E-state index in [9.17, 15) is 26.4 Å². The minimum absolute atomic E-state index is 0.0125. The van der Waals surface area contributed by atoms with Crippen molar-refractivity contribution in [2.24, 2.45) is 5.92 Å². The fourth-order valence-corrected chi connectivity index (χ4v) is 5.41. The molecular formula is C21H23F3N2O5S. The van der Waals surface area contributed by atoms with Gasteiger partial charge >= 0.3 is 6.36 Å². The molecule has 174 valence electrons. The zero-order chi connectivity index (χ0) is 22.9. The molecule has 0 radical (unpaired) electrons. The normalized spacial score (nSPS) is 18.5. The molecule has 0 N–H and O–H groups in total. The molecule has 0 spiro atoms. The smallest absolute Gasteiger partial charge is 0.467 e. The molecular weight excluding hydrogens is 449 g/mol. The van der Waals surface area contributed by atoms with E-state index in [1.165, 1.54) is 16.4 Å². The predicted molar refractivity (Wildman–Crippen MR) is 107 cm³/mol. The highest BCUT2D eigenvalue weighted by Gasteiger charge is 2.39. The molecule has 2 heterocycles. The van der Waals surface area contributed by atoms with Gasteiger partial charge in [0.05, 0.1) is 17.7 Å². The number of furan rings is 1. The molecule has 11 heteroatoms. The van der Waals surface area contributed by atoms with Crippen LogP contribution in [0.3, 0.4) is 0 Å². The van der Waals surface area contributed by atoms with Crippen LogP contribution in [0.4, 0.5) is 13.2 Å². The Morgan fingerprint density at radius 2 is 1.84 bits per heavy atom. The number of amides is 1. The van der Waals surface area contributed by atoms with Gasteiger partial charge in [-0.2, -0.15) is 4.31 Å². The third kappa shape index (κ3) is 5.26. The second-order valence-electron chi connectivity index (χ2n) is 7.98. The Morgan fingerprint density at radius 3 is 2.44 bits per heavy atom. The maximum atomic E-state index is 13.1. The van der Waals surface area contributed by atoms with E-state index in [2.05, 4.69) is 4.74 Å². The zero-order valence-corrected chi connectivity index (χ0v) is 17.9. The van der Waals surface area contributed by atoms with Crippen LogP contribution in [0.5, 0.6) is 5.75 Å².